The summed E-state index contributed by atoms with van der Waals surface area (Å²) in [4.78, 5) is 4.27. The van der Waals surface area contributed by atoms with Crippen LogP contribution in [-0.4, -0.2) is 19.9 Å². The first-order valence-electron chi connectivity index (χ1n) is 8.62. The molecule has 0 unspecified atom stereocenters. The standard InChI is InChI=1S/C20H23N5S/c1-14(2)17-7-9-18(10-8-17)22-20(26)23-19-21-13-25(24-19)12-16-6-4-5-15(3)11-16/h4-11,13-14H,12H2,1-3H3,(H2,22,23,24,26). The van der Waals surface area contributed by atoms with Gasteiger partial charge < -0.3 is 5.32 Å². The van der Waals surface area contributed by atoms with Crippen LogP contribution in [0.5, 0.6) is 0 Å². The Morgan fingerprint density at radius 1 is 1.12 bits per heavy atom. The third-order valence-electron chi connectivity index (χ3n) is 4.02. The third-order valence-corrected chi connectivity index (χ3v) is 4.23. The number of aryl methyl sites for hydroxylation is 1. The van der Waals surface area contributed by atoms with Gasteiger partial charge in [0.1, 0.15) is 6.33 Å². The van der Waals surface area contributed by atoms with Crippen LogP contribution in [0, 0.1) is 6.92 Å². The van der Waals surface area contributed by atoms with E-state index in [0.717, 1.165) is 5.69 Å². The number of benzene rings is 2. The smallest absolute Gasteiger partial charge is 0.248 e. The average Bonchev–Trinajstić information content (AvgIpc) is 3.02. The van der Waals surface area contributed by atoms with Crippen LogP contribution in [0.25, 0.3) is 0 Å². The topological polar surface area (TPSA) is 54.8 Å². The van der Waals surface area contributed by atoms with Gasteiger partial charge in [-0.1, -0.05) is 55.8 Å². The van der Waals surface area contributed by atoms with E-state index in [1.807, 2.05) is 18.2 Å². The average molecular weight is 366 g/mol. The van der Waals surface area contributed by atoms with E-state index in [4.69, 9.17) is 12.2 Å². The fourth-order valence-corrected chi connectivity index (χ4v) is 2.85. The molecule has 0 bridgehead atoms. The molecule has 2 N–H and O–H groups in total. The molecule has 134 valence electrons. The molecule has 0 saturated heterocycles. The van der Waals surface area contributed by atoms with Crippen molar-refractivity contribution in [1.82, 2.24) is 14.8 Å². The zero-order valence-corrected chi connectivity index (χ0v) is 16.0. The molecule has 0 saturated carbocycles. The minimum absolute atomic E-state index is 0.468. The van der Waals surface area contributed by atoms with Crippen LogP contribution in [0.4, 0.5) is 11.6 Å². The highest BCUT2D eigenvalue weighted by molar-refractivity contribution is 7.80. The second-order valence-electron chi connectivity index (χ2n) is 6.61. The molecule has 2 aromatic carbocycles. The van der Waals surface area contributed by atoms with E-state index in [-0.39, 0.29) is 0 Å². The number of aromatic nitrogens is 3. The molecule has 0 fully saturated rings. The quantitative estimate of drug-likeness (QED) is 0.649. The maximum Gasteiger partial charge on any atom is 0.248 e. The number of hydrogen-bond donors (Lipinski definition) is 2. The van der Waals surface area contributed by atoms with Crippen LogP contribution in [-0.2, 0) is 6.54 Å². The summed E-state index contributed by atoms with van der Waals surface area (Å²) in [5.41, 5.74) is 4.65. The maximum atomic E-state index is 5.35. The Morgan fingerprint density at radius 3 is 2.58 bits per heavy atom. The summed E-state index contributed by atoms with van der Waals surface area (Å²) in [5.74, 6) is 0.990. The van der Waals surface area contributed by atoms with Crippen LogP contribution >= 0.6 is 12.2 Å². The SMILES string of the molecule is Cc1cccc(Cn2cnc(NC(=S)Nc3ccc(C(C)C)cc3)n2)c1. The van der Waals surface area contributed by atoms with Gasteiger partial charge in [0.15, 0.2) is 5.11 Å². The molecule has 0 aliphatic heterocycles. The largest absolute Gasteiger partial charge is 0.332 e. The number of rotatable bonds is 5. The van der Waals surface area contributed by atoms with Gasteiger partial charge in [-0.15, -0.1) is 5.10 Å². The van der Waals surface area contributed by atoms with Gasteiger partial charge >= 0.3 is 0 Å². The molecule has 0 radical (unpaired) electrons. The Balaban J connectivity index is 1.57. The molecule has 5 nitrogen and oxygen atoms in total. The van der Waals surface area contributed by atoms with E-state index in [1.54, 1.807) is 11.0 Å². The Labute approximate surface area is 159 Å². The molecule has 0 aliphatic carbocycles. The first kappa shape index (κ1) is 18.1. The predicted octanol–water partition coefficient (Wildman–Crippen LogP) is 4.57. The van der Waals surface area contributed by atoms with Gasteiger partial charge in [-0.2, -0.15) is 0 Å². The fraction of sp³-hybridized carbons (Fsp3) is 0.250. The number of nitrogens with zero attached hydrogens (tertiary/aromatic N) is 3. The molecular formula is C20H23N5S. The van der Waals surface area contributed by atoms with Gasteiger partial charge in [0.2, 0.25) is 5.95 Å². The zero-order valence-electron chi connectivity index (χ0n) is 15.2. The van der Waals surface area contributed by atoms with Crippen LogP contribution in [0.15, 0.2) is 54.9 Å². The highest BCUT2D eigenvalue weighted by Gasteiger charge is 2.05. The lowest BCUT2D eigenvalue weighted by molar-refractivity contribution is 0.687. The lowest BCUT2D eigenvalue weighted by Gasteiger charge is -2.10. The van der Waals surface area contributed by atoms with E-state index < -0.39 is 0 Å². The minimum Gasteiger partial charge on any atom is -0.332 e. The highest BCUT2D eigenvalue weighted by Crippen LogP contribution is 2.17. The Bertz CT molecular complexity index is 883. The predicted molar refractivity (Wildman–Crippen MR) is 111 cm³/mol. The normalized spacial score (nSPS) is 10.8. The summed E-state index contributed by atoms with van der Waals surface area (Å²) in [7, 11) is 0. The summed E-state index contributed by atoms with van der Waals surface area (Å²) in [5, 5.41) is 11.1. The number of anilines is 2. The Hall–Kier alpha value is -2.73. The van der Waals surface area contributed by atoms with Crippen molar-refractivity contribution in [2.24, 2.45) is 0 Å². The van der Waals surface area contributed by atoms with E-state index in [0.29, 0.717) is 23.5 Å². The Kier molecular flexibility index (Phi) is 5.63. The van der Waals surface area contributed by atoms with Crippen molar-refractivity contribution in [3.8, 4) is 0 Å². The number of hydrogen-bond acceptors (Lipinski definition) is 3. The van der Waals surface area contributed by atoms with Crippen LogP contribution in [0.1, 0.15) is 36.5 Å². The van der Waals surface area contributed by atoms with Crippen molar-refractivity contribution >= 4 is 29.0 Å². The first-order chi connectivity index (χ1) is 12.5. The number of nitrogens with one attached hydrogen (secondary N) is 2. The van der Waals surface area contributed by atoms with E-state index in [1.165, 1.54) is 16.7 Å². The molecule has 0 atom stereocenters. The molecule has 0 amide bonds. The molecule has 3 rings (SSSR count). The maximum absolute atomic E-state index is 5.35. The van der Waals surface area contributed by atoms with E-state index in [2.05, 4.69) is 71.8 Å². The molecule has 3 aromatic rings. The molecule has 1 aromatic heterocycles. The van der Waals surface area contributed by atoms with Crippen molar-refractivity contribution in [1.29, 1.82) is 0 Å². The summed E-state index contributed by atoms with van der Waals surface area (Å²) in [6, 6.07) is 16.6. The fourth-order valence-electron chi connectivity index (χ4n) is 2.64. The summed E-state index contributed by atoms with van der Waals surface area (Å²) in [6.07, 6.45) is 1.70. The van der Waals surface area contributed by atoms with Crippen LogP contribution < -0.4 is 10.6 Å². The summed E-state index contributed by atoms with van der Waals surface area (Å²) < 4.78 is 1.79. The van der Waals surface area contributed by atoms with Crippen molar-refractivity contribution in [3.63, 3.8) is 0 Å². The highest BCUT2D eigenvalue weighted by atomic mass is 32.1. The molecule has 1 heterocycles. The Morgan fingerprint density at radius 2 is 1.88 bits per heavy atom. The van der Waals surface area contributed by atoms with E-state index >= 15 is 0 Å². The molecule has 26 heavy (non-hydrogen) atoms. The lowest BCUT2D eigenvalue weighted by atomic mass is 10.0. The van der Waals surface area contributed by atoms with Crippen molar-refractivity contribution in [3.05, 3.63) is 71.5 Å². The minimum atomic E-state index is 0.468. The van der Waals surface area contributed by atoms with Crippen LogP contribution in [0.2, 0.25) is 0 Å². The lowest BCUT2D eigenvalue weighted by Crippen LogP contribution is -2.20. The number of thiocarbonyl (C=S) groups is 1. The molecule has 0 spiro atoms. The van der Waals surface area contributed by atoms with Gasteiger partial charge in [-0.05, 0) is 48.3 Å². The van der Waals surface area contributed by atoms with Gasteiger partial charge in [0.05, 0.1) is 6.54 Å². The van der Waals surface area contributed by atoms with Crippen LogP contribution in [0.3, 0.4) is 0 Å². The van der Waals surface area contributed by atoms with Crippen molar-refractivity contribution in [2.45, 2.75) is 33.2 Å². The first-order valence-corrected chi connectivity index (χ1v) is 9.03. The molecule has 0 aliphatic rings. The summed E-state index contributed by atoms with van der Waals surface area (Å²) >= 11 is 5.35. The summed E-state index contributed by atoms with van der Waals surface area (Å²) in [6.45, 7) is 7.10. The van der Waals surface area contributed by atoms with E-state index in [9.17, 15) is 0 Å². The zero-order chi connectivity index (χ0) is 18.5. The monoisotopic (exact) mass is 365 g/mol. The van der Waals surface area contributed by atoms with Gasteiger partial charge in [-0.3, -0.25) is 5.32 Å². The van der Waals surface area contributed by atoms with Crippen molar-refractivity contribution < 1.29 is 0 Å². The molecule has 6 heteroatoms. The van der Waals surface area contributed by atoms with Gasteiger partial charge in [0.25, 0.3) is 0 Å². The van der Waals surface area contributed by atoms with Gasteiger partial charge in [0, 0.05) is 5.69 Å². The second-order valence-corrected chi connectivity index (χ2v) is 7.02. The van der Waals surface area contributed by atoms with Gasteiger partial charge in [-0.25, -0.2) is 9.67 Å². The van der Waals surface area contributed by atoms with Crippen molar-refractivity contribution in [2.75, 3.05) is 10.6 Å². The second kappa shape index (κ2) is 8.10. The molecular weight excluding hydrogens is 342 g/mol. The third kappa shape index (κ3) is 4.89.